The molecule has 3 heterocycles. The molecule has 29 heavy (non-hydrogen) atoms. The number of anilines is 1. The third kappa shape index (κ3) is 3.57. The Labute approximate surface area is 172 Å². The lowest BCUT2D eigenvalue weighted by molar-refractivity contribution is -0.115. The molecule has 4 aromatic rings. The maximum Gasteiger partial charge on any atom is 0.238 e. The van der Waals surface area contributed by atoms with Crippen LogP contribution in [-0.4, -0.2) is 40.7 Å². The Hall–Kier alpha value is -2.94. The fourth-order valence-electron chi connectivity index (χ4n) is 3.32. The number of rotatable bonds is 6. The molecule has 1 atom stereocenters. The first-order valence-corrected chi connectivity index (χ1v) is 10.5. The quantitative estimate of drug-likeness (QED) is 0.486. The lowest BCUT2D eigenvalue weighted by Crippen LogP contribution is -2.24. The van der Waals surface area contributed by atoms with Crippen LogP contribution in [0.5, 0.6) is 0 Å². The van der Waals surface area contributed by atoms with Gasteiger partial charge in [0.25, 0.3) is 0 Å². The van der Waals surface area contributed by atoms with Crippen molar-refractivity contribution in [2.45, 2.75) is 50.7 Å². The molecule has 1 N–H and O–H groups in total. The number of hydrogen-bond acceptors (Lipinski definition) is 6. The van der Waals surface area contributed by atoms with Gasteiger partial charge in [-0.25, -0.2) is 9.67 Å². The molecule has 4 rings (SSSR count). The van der Waals surface area contributed by atoms with Crippen molar-refractivity contribution in [2.75, 3.05) is 5.32 Å². The van der Waals surface area contributed by atoms with Crippen LogP contribution in [0, 0.1) is 0 Å². The van der Waals surface area contributed by atoms with Gasteiger partial charge >= 0.3 is 0 Å². The van der Waals surface area contributed by atoms with Gasteiger partial charge < -0.3 is 9.88 Å². The Bertz CT molecular complexity index is 1180. The largest absolute Gasteiger partial charge is 0.324 e. The molecule has 0 unspecified atom stereocenters. The first kappa shape index (κ1) is 19.4. The van der Waals surface area contributed by atoms with E-state index >= 15 is 0 Å². The third-order valence-electron chi connectivity index (χ3n) is 4.73. The number of carbonyl (C=O) groups excluding carboxylic acids is 1. The summed E-state index contributed by atoms with van der Waals surface area (Å²) in [7, 11) is 0. The van der Waals surface area contributed by atoms with Gasteiger partial charge in [-0.2, -0.15) is 5.10 Å². The van der Waals surface area contributed by atoms with E-state index in [0.717, 1.165) is 28.6 Å². The fourth-order valence-corrected chi connectivity index (χ4v) is 4.03. The van der Waals surface area contributed by atoms with Crippen LogP contribution in [0.3, 0.4) is 0 Å². The monoisotopic (exact) mass is 409 g/mol. The number of hydrogen-bond donors (Lipinski definition) is 1. The summed E-state index contributed by atoms with van der Waals surface area (Å²) in [6, 6.07) is 10.0. The molecule has 9 heteroatoms. The minimum atomic E-state index is -0.385. The number of fused-ring (bicyclic) bond motifs is 3. The number of thioether (sulfide) groups is 1. The van der Waals surface area contributed by atoms with Crippen molar-refractivity contribution in [2.24, 2.45) is 0 Å². The smallest absolute Gasteiger partial charge is 0.238 e. The van der Waals surface area contributed by atoms with Gasteiger partial charge in [0.15, 0.2) is 5.65 Å². The highest BCUT2D eigenvalue weighted by Crippen LogP contribution is 2.28. The first-order chi connectivity index (χ1) is 14.0. The van der Waals surface area contributed by atoms with E-state index in [2.05, 4.69) is 38.2 Å². The van der Waals surface area contributed by atoms with Crippen molar-refractivity contribution in [3.8, 4) is 0 Å². The average molecular weight is 410 g/mol. The van der Waals surface area contributed by atoms with Crippen LogP contribution in [0.4, 0.5) is 5.82 Å². The molecule has 0 bridgehead atoms. The number of amides is 1. The minimum absolute atomic E-state index is 0.128. The van der Waals surface area contributed by atoms with Crippen LogP contribution in [0.1, 0.15) is 33.7 Å². The molecular formula is C20H23N7OS. The van der Waals surface area contributed by atoms with Crippen molar-refractivity contribution in [1.82, 2.24) is 29.5 Å². The Balaban J connectivity index is 1.58. The summed E-state index contributed by atoms with van der Waals surface area (Å²) in [5.74, 6) is 0.551. The van der Waals surface area contributed by atoms with Gasteiger partial charge in [0.05, 0.1) is 17.0 Å². The Morgan fingerprint density at radius 1 is 1.17 bits per heavy atom. The van der Waals surface area contributed by atoms with Gasteiger partial charge in [-0.1, -0.05) is 30.0 Å². The van der Waals surface area contributed by atoms with Gasteiger partial charge in [0, 0.05) is 24.0 Å². The lowest BCUT2D eigenvalue weighted by atomic mass is 10.2. The number of aromatic nitrogens is 6. The third-order valence-corrected chi connectivity index (χ3v) is 5.68. The molecule has 0 saturated carbocycles. The number of benzene rings is 1. The van der Waals surface area contributed by atoms with E-state index in [4.69, 9.17) is 4.98 Å². The zero-order chi connectivity index (χ0) is 20.5. The number of nitrogens with zero attached hydrogens (tertiary/aromatic N) is 6. The summed E-state index contributed by atoms with van der Waals surface area (Å²) in [6.07, 6.45) is 1.68. The molecule has 0 radical (unpaired) electrons. The van der Waals surface area contributed by atoms with Crippen molar-refractivity contribution < 1.29 is 4.79 Å². The molecule has 0 saturated heterocycles. The minimum Gasteiger partial charge on any atom is -0.324 e. The average Bonchev–Trinajstić information content (AvgIpc) is 3.29. The summed E-state index contributed by atoms with van der Waals surface area (Å²) >= 11 is 1.29. The first-order valence-electron chi connectivity index (χ1n) is 9.62. The summed E-state index contributed by atoms with van der Waals surface area (Å²) in [6.45, 7) is 8.72. The van der Waals surface area contributed by atoms with E-state index in [9.17, 15) is 4.79 Å². The predicted molar refractivity (Wildman–Crippen MR) is 115 cm³/mol. The van der Waals surface area contributed by atoms with Crippen LogP contribution >= 0.6 is 11.8 Å². The van der Waals surface area contributed by atoms with E-state index in [-0.39, 0.29) is 17.2 Å². The normalized spacial score (nSPS) is 12.7. The molecule has 1 aromatic carbocycles. The fraction of sp³-hybridized carbons (Fsp3) is 0.350. The van der Waals surface area contributed by atoms with E-state index < -0.39 is 0 Å². The molecule has 0 aliphatic rings. The second-order valence-electron chi connectivity index (χ2n) is 7.03. The second-order valence-corrected chi connectivity index (χ2v) is 8.34. The molecule has 0 spiro atoms. The van der Waals surface area contributed by atoms with Crippen molar-refractivity contribution in [1.29, 1.82) is 0 Å². The molecule has 0 aliphatic heterocycles. The zero-order valence-corrected chi connectivity index (χ0v) is 17.6. The molecule has 1 amide bonds. The molecular weight excluding hydrogens is 386 g/mol. The summed E-state index contributed by atoms with van der Waals surface area (Å²) < 4.78 is 3.90. The predicted octanol–water partition coefficient (Wildman–Crippen LogP) is 3.90. The van der Waals surface area contributed by atoms with Gasteiger partial charge in [-0.05, 0) is 33.8 Å². The second kappa shape index (κ2) is 7.82. The van der Waals surface area contributed by atoms with E-state index in [1.165, 1.54) is 11.8 Å². The highest BCUT2D eigenvalue weighted by Gasteiger charge is 2.20. The molecule has 0 aliphatic carbocycles. The Kier molecular flexibility index (Phi) is 5.23. The van der Waals surface area contributed by atoms with E-state index in [1.54, 1.807) is 16.9 Å². The standard InChI is InChI=1S/C20H23N7OS/c1-5-26-15-9-7-6-8-14(15)17-18(26)23-20(25-24-17)29-13(4)19(28)22-16-10-11-21-27(16)12(2)3/h6-13H,5H2,1-4H3,(H,22,28)/t13-/m1/s1. The maximum atomic E-state index is 12.7. The van der Waals surface area contributed by atoms with E-state index in [1.807, 2.05) is 39.0 Å². The maximum absolute atomic E-state index is 12.7. The van der Waals surface area contributed by atoms with Crippen LogP contribution in [-0.2, 0) is 11.3 Å². The summed E-state index contributed by atoms with van der Waals surface area (Å²) in [4.78, 5) is 17.4. The highest BCUT2D eigenvalue weighted by molar-refractivity contribution is 8.00. The SMILES string of the molecule is CCn1c2ccccc2c2nnc(S[C@H](C)C(=O)Nc3ccnn3C(C)C)nc21. The van der Waals surface area contributed by atoms with Crippen LogP contribution in [0.15, 0.2) is 41.7 Å². The Morgan fingerprint density at radius 2 is 1.97 bits per heavy atom. The lowest BCUT2D eigenvalue weighted by Gasteiger charge is -2.14. The van der Waals surface area contributed by atoms with E-state index in [0.29, 0.717) is 11.0 Å². The Morgan fingerprint density at radius 3 is 2.72 bits per heavy atom. The van der Waals surface area contributed by atoms with Crippen molar-refractivity contribution in [3.05, 3.63) is 36.5 Å². The van der Waals surface area contributed by atoms with Crippen LogP contribution in [0.25, 0.3) is 22.1 Å². The summed E-state index contributed by atoms with van der Waals surface area (Å²) in [5, 5.41) is 17.0. The van der Waals surface area contributed by atoms with Gasteiger partial charge in [-0.3, -0.25) is 4.79 Å². The topological polar surface area (TPSA) is 90.5 Å². The van der Waals surface area contributed by atoms with Gasteiger partial charge in [-0.15, -0.1) is 10.2 Å². The number of carbonyl (C=O) groups is 1. The summed E-state index contributed by atoms with van der Waals surface area (Å²) in [5.41, 5.74) is 2.66. The molecule has 8 nitrogen and oxygen atoms in total. The molecule has 150 valence electrons. The van der Waals surface area contributed by atoms with Crippen LogP contribution in [0.2, 0.25) is 0 Å². The number of aryl methyl sites for hydroxylation is 1. The van der Waals surface area contributed by atoms with Crippen LogP contribution < -0.4 is 5.32 Å². The number of para-hydroxylation sites is 1. The van der Waals surface area contributed by atoms with Crippen molar-refractivity contribution in [3.63, 3.8) is 0 Å². The molecule has 0 fully saturated rings. The van der Waals surface area contributed by atoms with Crippen molar-refractivity contribution >= 4 is 45.6 Å². The molecule has 3 aromatic heterocycles. The highest BCUT2D eigenvalue weighted by atomic mass is 32.2. The van der Waals surface area contributed by atoms with Gasteiger partial charge in [0.1, 0.15) is 11.3 Å². The number of nitrogens with one attached hydrogen (secondary N) is 1. The zero-order valence-electron chi connectivity index (χ0n) is 16.8. The van der Waals surface area contributed by atoms with Gasteiger partial charge in [0.2, 0.25) is 11.1 Å².